The van der Waals surface area contributed by atoms with Crippen molar-refractivity contribution in [3.63, 3.8) is 0 Å². The Morgan fingerprint density at radius 3 is 2.68 bits per heavy atom. The lowest BCUT2D eigenvalue weighted by Crippen LogP contribution is -2.25. The fourth-order valence-corrected chi connectivity index (χ4v) is 2.11. The monoisotopic (exact) mass is 303 g/mol. The normalized spacial score (nSPS) is 11.0. The summed E-state index contributed by atoms with van der Waals surface area (Å²) in [6, 6.07) is 3.75. The Morgan fingerprint density at radius 2 is 2.14 bits per heavy atom. The predicted octanol–water partition coefficient (Wildman–Crippen LogP) is 1.71. The first-order chi connectivity index (χ1) is 10.4. The van der Waals surface area contributed by atoms with Crippen LogP contribution in [-0.2, 0) is 20.9 Å². The molecule has 1 heterocycles. The molecule has 0 unspecified atom stereocenters. The number of carbonyl (C=O) groups is 2. The third-order valence-corrected chi connectivity index (χ3v) is 3.31. The summed E-state index contributed by atoms with van der Waals surface area (Å²) in [7, 11) is 1.44. The zero-order chi connectivity index (χ0) is 16.7. The van der Waals surface area contributed by atoms with Gasteiger partial charge in [-0.25, -0.2) is 4.79 Å². The molecule has 1 N–H and O–H groups in total. The van der Waals surface area contributed by atoms with E-state index in [2.05, 4.69) is 16.8 Å². The molecule has 22 heavy (non-hydrogen) atoms. The summed E-state index contributed by atoms with van der Waals surface area (Å²) in [6.45, 7) is 6.50. The Hall–Kier alpha value is -2.55. The third kappa shape index (κ3) is 4.22. The first-order valence-electron chi connectivity index (χ1n) is 7.10. The van der Waals surface area contributed by atoms with Gasteiger partial charge in [-0.05, 0) is 38.0 Å². The van der Waals surface area contributed by atoms with E-state index >= 15 is 0 Å². The highest BCUT2D eigenvalue weighted by Crippen LogP contribution is 2.19. The number of amides is 1. The van der Waals surface area contributed by atoms with Crippen molar-refractivity contribution in [1.29, 1.82) is 5.26 Å². The zero-order valence-corrected chi connectivity index (χ0v) is 13.4. The van der Waals surface area contributed by atoms with Gasteiger partial charge in [0, 0.05) is 25.0 Å². The molecule has 6 heteroatoms. The molecule has 0 saturated carbocycles. The van der Waals surface area contributed by atoms with Gasteiger partial charge in [-0.2, -0.15) is 5.26 Å². The Bertz CT molecular complexity index is 636. The molecule has 1 rings (SSSR count). The van der Waals surface area contributed by atoms with E-state index in [1.54, 1.807) is 0 Å². The number of esters is 1. The summed E-state index contributed by atoms with van der Waals surface area (Å²) in [5.74, 6) is -1.22. The summed E-state index contributed by atoms with van der Waals surface area (Å²) in [6.07, 6.45) is 2.50. The van der Waals surface area contributed by atoms with Gasteiger partial charge in [0.15, 0.2) is 6.61 Å². The average molecular weight is 303 g/mol. The second kappa shape index (κ2) is 8.03. The van der Waals surface area contributed by atoms with Crippen LogP contribution < -0.4 is 5.32 Å². The number of hydrogen-bond acceptors (Lipinski definition) is 4. The van der Waals surface area contributed by atoms with Gasteiger partial charge in [-0.15, -0.1) is 0 Å². The SMILES string of the molecule is CCCn1c(C)cc(C=C(C#N)C(=O)OCC(=O)NC)c1C. The summed E-state index contributed by atoms with van der Waals surface area (Å²) >= 11 is 0. The molecule has 0 radical (unpaired) electrons. The van der Waals surface area contributed by atoms with Crippen molar-refractivity contribution in [2.24, 2.45) is 0 Å². The number of nitrogens with zero attached hydrogens (tertiary/aromatic N) is 2. The fraction of sp³-hybridized carbons (Fsp3) is 0.438. The highest BCUT2D eigenvalue weighted by Gasteiger charge is 2.14. The van der Waals surface area contributed by atoms with Crippen molar-refractivity contribution in [2.75, 3.05) is 13.7 Å². The van der Waals surface area contributed by atoms with Gasteiger partial charge in [0.25, 0.3) is 5.91 Å². The zero-order valence-electron chi connectivity index (χ0n) is 13.4. The molecule has 0 fully saturated rings. The highest BCUT2D eigenvalue weighted by molar-refractivity contribution is 5.99. The van der Waals surface area contributed by atoms with Gasteiger partial charge >= 0.3 is 5.97 Å². The number of rotatable bonds is 6. The number of nitrogens with one attached hydrogen (secondary N) is 1. The van der Waals surface area contributed by atoms with Crippen molar-refractivity contribution in [2.45, 2.75) is 33.7 Å². The van der Waals surface area contributed by atoms with E-state index < -0.39 is 18.5 Å². The van der Waals surface area contributed by atoms with Crippen molar-refractivity contribution in [3.8, 4) is 6.07 Å². The van der Waals surface area contributed by atoms with Gasteiger partial charge in [0.05, 0.1) is 0 Å². The molecule has 0 aliphatic heterocycles. The van der Waals surface area contributed by atoms with E-state index in [4.69, 9.17) is 10.00 Å². The number of carbonyl (C=O) groups excluding carboxylic acids is 2. The van der Waals surface area contributed by atoms with Crippen LogP contribution in [0.3, 0.4) is 0 Å². The third-order valence-electron chi connectivity index (χ3n) is 3.31. The molecule has 0 atom stereocenters. The first-order valence-corrected chi connectivity index (χ1v) is 7.10. The molecular formula is C16H21N3O3. The van der Waals surface area contributed by atoms with E-state index in [1.807, 2.05) is 26.0 Å². The van der Waals surface area contributed by atoms with Crippen LogP contribution in [0.15, 0.2) is 11.6 Å². The van der Waals surface area contributed by atoms with E-state index in [0.29, 0.717) is 0 Å². The maximum absolute atomic E-state index is 11.8. The quantitative estimate of drug-likeness (QED) is 0.492. The molecule has 0 bridgehead atoms. The molecule has 1 amide bonds. The topological polar surface area (TPSA) is 84.1 Å². The summed E-state index contributed by atoms with van der Waals surface area (Å²) < 4.78 is 6.93. The summed E-state index contributed by atoms with van der Waals surface area (Å²) in [5.41, 5.74) is 2.74. The van der Waals surface area contributed by atoms with E-state index in [0.717, 1.165) is 29.9 Å². The Labute approximate surface area is 130 Å². The summed E-state index contributed by atoms with van der Waals surface area (Å²) in [5, 5.41) is 11.5. The molecule has 0 aromatic carbocycles. The van der Waals surface area contributed by atoms with Gasteiger partial charge in [0.2, 0.25) is 0 Å². The number of likely N-dealkylation sites (N-methyl/N-ethyl adjacent to an activating group) is 1. The lowest BCUT2D eigenvalue weighted by molar-refractivity contribution is -0.144. The first kappa shape index (κ1) is 17.5. The van der Waals surface area contributed by atoms with Crippen molar-refractivity contribution < 1.29 is 14.3 Å². The predicted molar refractivity (Wildman–Crippen MR) is 82.8 cm³/mol. The van der Waals surface area contributed by atoms with Gasteiger partial charge in [-0.3, -0.25) is 4.79 Å². The average Bonchev–Trinajstić information content (AvgIpc) is 2.77. The Balaban J connectivity index is 2.98. The molecule has 1 aromatic rings. The van der Waals surface area contributed by atoms with E-state index in [-0.39, 0.29) is 5.57 Å². The molecule has 6 nitrogen and oxygen atoms in total. The molecule has 0 saturated heterocycles. The smallest absolute Gasteiger partial charge is 0.349 e. The maximum atomic E-state index is 11.8. The molecule has 0 spiro atoms. The van der Waals surface area contributed by atoms with Gasteiger partial charge < -0.3 is 14.6 Å². The van der Waals surface area contributed by atoms with E-state index in [1.165, 1.54) is 13.1 Å². The van der Waals surface area contributed by atoms with E-state index in [9.17, 15) is 9.59 Å². The minimum Gasteiger partial charge on any atom is -0.451 e. The lowest BCUT2D eigenvalue weighted by Gasteiger charge is -2.07. The van der Waals surface area contributed by atoms with Crippen LogP contribution in [0.5, 0.6) is 0 Å². The van der Waals surface area contributed by atoms with Crippen molar-refractivity contribution >= 4 is 18.0 Å². The number of aromatic nitrogens is 1. The highest BCUT2D eigenvalue weighted by atomic mass is 16.5. The van der Waals surface area contributed by atoms with Crippen LogP contribution in [0.1, 0.15) is 30.3 Å². The molecule has 1 aromatic heterocycles. The van der Waals surface area contributed by atoms with Gasteiger partial charge in [-0.1, -0.05) is 6.92 Å². The number of hydrogen-bond donors (Lipinski definition) is 1. The molecule has 0 aliphatic carbocycles. The molecule has 118 valence electrons. The fourth-order valence-electron chi connectivity index (χ4n) is 2.11. The van der Waals surface area contributed by atoms with Crippen LogP contribution in [0.25, 0.3) is 6.08 Å². The number of ether oxygens (including phenoxy) is 1. The minimum atomic E-state index is -0.800. The second-order valence-electron chi connectivity index (χ2n) is 4.90. The lowest BCUT2D eigenvalue weighted by atomic mass is 10.1. The Morgan fingerprint density at radius 1 is 1.45 bits per heavy atom. The molecular weight excluding hydrogens is 282 g/mol. The van der Waals surface area contributed by atoms with Crippen LogP contribution in [-0.4, -0.2) is 30.1 Å². The minimum absolute atomic E-state index is 0.124. The van der Waals surface area contributed by atoms with Crippen LogP contribution in [0.4, 0.5) is 0 Å². The van der Waals surface area contributed by atoms with Gasteiger partial charge in [0.1, 0.15) is 11.6 Å². The molecule has 0 aliphatic rings. The second-order valence-corrected chi connectivity index (χ2v) is 4.90. The van der Waals surface area contributed by atoms with Crippen LogP contribution >= 0.6 is 0 Å². The van der Waals surface area contributed by atoms with Crippen LogP contribution in [0.2, 0.25) is 0 Å². The number of nitriles is 1. The Kier molecular flexibility index (Phi) is 6.39. The maximum Gasteiger partial charge on any atom is 0.349 e. The summed E-state index contributed by atoms with van der Waals surface area (Å²) in [4.78, 5) is 22.9. The number of aryl methyl sites for hydroxylation is 1. The largest absolute Gasteiger partial charge is 0.451 e. The standard InChI is InChI=1S/C16H21N3O3/c1-5-6-19-11(2)7-13(12(19)3)8-14(9-17)16(21)22-10-15(20)18-4/h7-8H,5-6,10H2,1-4H3,(H,18,20). The van der Waals surface area contributed by atoms with Crippen LogP contribution in [0, 0.1) is 25.2 Å². The van der Waals surface area contributed by atoms with Crippen molar-refractivity contribution in [1.82, 2.24) is 9.88 Å². The van der Waals surface area contributed by atoms with Crippen molar-refractivity contribution in [3.05, 3.63) is 28.6 Å².